The van der Waals surface area contributed by atoms with Crippen molar-refractivity contribution in [1.82, 2.24) is 15.5 Å². The SMILES string of the molecule is CCN(Cc1ccccc1)C(=O)CNC(=NC)NC(C)c1ccc(C)c(F)c1.I. The third-order valence-corrected chi connectivity index (χ3v) is 4.63. The fourth-order valence-corrected chi connectivity index (χ4v) is 2.81. The number of guanidine groups is 1. The molecule has 0 aliphatic heterocycles. The van der Waals surface area contributed by atoms with Gasteiger partial charge in [0.15, 0.2) is 5.96 Å². The van der Waals surface area contributed by atoms with Gasteiger partial charge in [0.1, 0.15) is 5.82 Å². The molecule has 1 amide bonds. The van der Waals surface area contributed by atoms with Crippen molar-refractivity contribution in [3.8, 4) is 0 Å². The zero-order valence-electron chi connectivity index (χ0n) is 17.4. The summed E-state index contributed by atoms with van der Waals surface area (Å²) in [5.74, 6) is 0.254. The summed E-state index contributed by atoms with van der Waals surface area (Å²) in [4.78, 5) is 18.5. The lowest BCUT2D eigenvalue weighted by atomic mass is 10.1. The zero-order chi connectivity index (χ0) is 20.5. The summed E-state index contributed by atoms with van der Waals surface area (Å²) in [6, 6.07) is 14.9. The van der Waals surface area contributed by atoms with Gasteiger partial charge in [0, 0.05) is 20.1 Å². The highest BCUT2D eigenvalue weighted by atomic mass is 127. The molecule has 0 heterocycles. The second-order valence-electron chi connectivity index (χ2n) is 6.69. The molecule has 5 nitrogen and oxygen atoms in total. The maximum absolute atomic E-state index is 13.8. The Balaban J connectivity index is 0.00000420. The minimum atomic E-state index is -0.233. The van der Waals surface area contributed by atoms with E-state index in [1.54, 1.807) is 24.9 Å². The number of hydrogen-bond donors (Lipinski definition) is 2. The average molecular weight is 512 g/mol. The third kappa shape index (κ3) is 7.64. The zero-order valence-corrected chi connectivity index (χ0v) is 19.7. The Morgan fingerprint density at radius 2 is 1.90 bits per heavy atom. The number of aryl methyl sites for hydroxylation is 1. The topological polar surface area (TPSA) is 56.7 Å². The Morgan fingerprint density at radius 1 is 1.21 bits per heavy atom. The van der Waals surface area contributed by atoms with Crippen LogP contribution in [0.3, 0.4) is 0 Å². The highest BCUT2D eigenvalue weighted by Crippen LogP contribution is 2.16. The first-order chi connectivity index (χ1) is 13.4. The molecular formula is C22H30FIN4O. The number of carbonyl (C=O) groups is 1. The smallest absolute Gasteiger partial charge is 0.242 e. The highest BCUT2D eigenvalue weighted by molar-refractivity contribution is 14.0. The molecule has 2 rings (SSSR count). The van der Waals surface area contributed by atoms with Gasteiger partial charge in [-0.15, -0.1) is 24.0 Å². The fourth-order valence-electron chi connectivity index (χ4n) is 2.81. The molecule has 0 fully saturated rings. The van der Waals surface area contributed by atoms with Crippen molar-refractivity contribution in [3.05, 3.63) is 71.0 Å². The maximum atomic E-state index is 13.8. The van der Waals surface area contributed by atoms with E-state index in [0.29, 0.717) is 24.6 Å². The van der Waals surface area contributed by atoms with E-state index in [1.165, 1.54) is 6.07 Å². The summed E-state index contributed by atoms with van der Waals surface area (Å²) in [5, 5.41) is 6.24. The van der Waals surface area contributed by atoms with Crippen molar-refractivity contribution >= 4 is 35.8 Å². The third-order valence-electron chi connectivity index (χ3n) is 4.63. The summed E-state index contributed by atoms with van der Waals surface area (Å²) in [6.07, 6.45) is 0. The number of hydrogen-bond acceptors (Lipinski definition) is 2. The lowest BCUT2D eigenvalue weighted by Gasteiger charge is -2.23. The van der Waals surface area contributed by atoms with Crippen molar-refractivity contribution in [3.63, 3.8) is 0 Å². The van der Waals surface area contributed by atoms with Gasteiger partial charge >= 0.3 is 0 Å². The van der Waals surface area contributed by atoms with E-state index < -0.39 is 0 Å². The lowest BCUT2D eigenvalue weighted by molar-refractivity contribution is -0.130. The van der Waals surface area contributed by atoms with Crippen LogP contribution in [0.25, 0.3) is 0 Å². The van der Waals surface area contributed by atoms with Gasteiger partial charge in [-0.2, -0.15) is 0 Å². The molecule has 0 bridgehead atoms. The Hall–Kier alpha value is -2.16. The number of nitrogens with zero attached hydrogens (tertiary/aromatic N) is 2. The first kappa shape index (κ1) is 24.9. The first-order valence-corrected chi connectivity index (χ1v) is 9.49. The molecule has 2 aromatic rings. The molecule has 29 heavy (non-hydrogen) atoms. The van der Waals surface area contributed by atoms with Gasteiger partial charge in [0.25, 0.3) is 0 Å². The van der Waals surface area contributed by atoms with E-state index in [2.05, 4.69) is 15.6 Å². The van der Waals surface area contributed by atoms with E-state index in [9.17, 15) is 9.18 Å². The largest absolute Gasteiger partial charge is 0.350 e. The Bertz CT molecular complexity index is 814. The standard InChI is InChI=1S/C22H29FN4O.HI/c1-5-27(15-18-9-7-6-8-10-18)21(28)14-25-22(24-4)26-17(3)19-12-11-16(2)20(23)13-19;/h6-13,17H,5,14-15H2,1-4H3,(H2,24,25,26);1H. The maximum Gasteiger partial charge on any atom is 0.242 e. The number of rotatable bonds is 7. The Kier molecular flexibility index (Phi) is 10.6. The molecule has 0 aliphatic carbocycles. The van der Waals surface area contributed by atoms with Crippen LogP contribution in [-0.2, 0) is 11.3 Å². The molecule has 2 N–H and O–H groups in total. The summed E-state index contributed by atoms with van der Waals surface area (Å²) in [5.41, 5.74) is 2.52. The number of aliphatic imine (C=N–C) groups is 1. The number of nitrogens with one attached hydrogen (secondary N) is 2. The number of likely N-dealkylation sites (N-methyl/N-ethyl adjacent to an activating group) is 1. The van der Waals surface area contributed by atoms with Crippen LogP contribution in [-0.4, -0.2) is 36.9 Å². The minimum Gasteiger partial charge on any atom is -0.350 e. The minimum absolute atomic E-state index is 0. The molecule has 0 aliphatic rings. The van der Waals surface area contributed by atoms with Gasteiger partial charge in [0.05, 0.1) is 12.6 Å². The van der Waals surface area contributed by atoms with Crippen molar-refractivity contribution in [2.45, 2.75) is 33.4 Å². The molecule has 0 saturated carbocycles. The number of carbonyl (C=O) groups excluding carboxylic acids is 1. The molecule has 0 aromatic heterocycles. The quantitative estimate of drug-likeness (QED) is 0.335. The van der Waals surface area contributed by atoms with Crippen LogP contribution in [0.2, 0.25) is 0 Å². The molecule has 7 heteroatoms. The van der Waals surface area contributed by atoms with Crippen LogP contribution in [0.1, 0.15) is 36.6 Å². The number of benzene rings is 2. The van der Waals surface area contributed by atoms with Crippen molar-refractivity contribution in [1.29, 1.82) is 0 Å². The van der Waals surface area contributed by atoms with Crippen LogP contribution >= 0.6 is 24.0 Å². The molecule has 1 unspecified atom stereocenters. The summed E-state index contributed by atoms with van der Waals surface area (Å²) < 4.78 is 13.8. The molecule has 0 radical (unpaired) electrons. The highest BCUT2D eigenvalue weighted by Gasteiger charge is 2.14. The van der Waals surface area contributed by atoms with E-state index in [4.69, 9.17) is 0 Å². The van der Waals surface area contributed by atoms with Crippen LogP contribution in [0, 0.1) is 12.7 Å². The summed E-state index contributed by atoms with van der Waals surface area (Å²) >= 11 is 0. The number of amides is 1. The second kappa shape index (κ2) is 12.4. The normalized spacial score (nSPS) is 12.0. The van der Waals surface area contributed by atoms with Gasteiger partial charge in [-0.3, -0.25) is 9.79 Å². The van der Waals surface area contributed by atoms with E-state index in [-0.39, 0.29) is 48.3 Å². The summed E-state index contributed by atoms with van der Waals surface area (Å²) in [6.45, 7) is 6.95. The van der Waals surface area contributed by atoms with Crippen LogP contribution in [0.15, 0.2) is 53.5 Å². The predicted molar refractivity (Wildman–Crippen MR) is 127 cm³/mol. The monoisotopic (exact) mass is 512 g/mol. The Morgan fingerprint density at radius 3 is 2.48 bits per heavy atom. The van der Waals surface area contributed by atoms with Crippen molar-refractivity contribution in [2.75, 3.05) is 20.1 Å². The second-order valence-corrected chi connectivity index (χ2v) is 6.69. The molecule has 158 valence electrons. The van der Waals surface area contributed by atoms with Gasteiger partial charge in [0.2, 0.25) is 5.91 Å². The Labute approximate surface area is 189 Å². The molecule has 0 spiro atoms. The van der Waals surface area contributed by atoms with Crippen molar-refractivity contribution in [2.24, 2.45) is 4.99 Å². The summed E-state index contributed by atoms with van der Waals surface area (Å²) in [7, 11) is 1.64. The van der Waals surface area contributed by atoms with Gasteiger partial charge < -0.3 is 15.5 Å². The van der Waals surface area contributed by atoms with E-state index in [1.807, 2.05) is 50.2 Å². The van der Waals surface area contributed by atoms with Crippen LogP contribution in [0.4, 0.5) is 4.39 Å². The predicted octanol–water partition coefficient (Wildman–Crippen LogP) is 4.03. The van der Waals surface area contributed by atoms with E-state index in [0.717, 1.165) is 11.1 Å². The van der Waals surface area contributed by atoms with Gasteiger partial charge in [-0.05, 0) is 43.5 Å². The molecule has 1 atom stereocenters. The lowest BCUT2D eigenvalue weighted by Crippen LogP contribution is -2.45. The molecule has 2 aromatic carbocycles. The van der Waals surface area contributed by atoms with Crippen LogP contribution in [0.5, 0.6) is 0 Å². The average Bonchev–Trinajstić information content (AvgIpc) is 2.71. The van der Waals surface area contributed by atoms with Crippen LogP contribution < -0.4 is 10.6 Å². The molecular weight excluding hydrogens is 482 g/mol. The van der Waals surface area contributed by atoms with Crippen molar-refractivity contribution < 1.29 is 9.18 Å². The van der Waals surface area contributed by atoms with Gasteiger partial charge in [-0.1, -0.05) is 42.5 Å². The first-order valence-electron chi connectivity index (χ1n) is 9.49. The fraction of sp³-hybridized carbons (Fsp3) is 0.364. The van der Waals surface area contributed by atoms with E-state index >= 15 is 0 Å². The molecule has 0 saturated heterocycles. The number of halogens is 2. The van der Waals surface area contributed by atoms with Gasteiger partial charge in [-0.25, -0.2) is 4.39 Å².